The van der Waals surface area contributed by atoms with Gasteiger partial charge in [-0.25, -0.2) is 0 Å². The van der Waals surface area contributed by atoms with Crippen LogP contribution in [0.5, 0.6) is 0 Å². The minimum Gasteiger partial charge on any atom is -0.432 e. The van der Waals surface area contributed by atoms with Crippen molar-refractivity contribution >= 4 is 5.97 Å². The highest BCUT2D eigenvalue weighted by molar-refractivity contribution is 5.77. The Morgan fingerprint density at radius 3 is 0.951 bits per heavy atom. The molecule has 29 N–H and O–H groups in total. The molecule has 13 fully saturated rings. The lowest BCUT2D eigenvalue weighted by atomic mass is 9.41. The number of esters is 1. The van der Waals surface area contributed by atoms with E-state index in [-0.39, 0.29) is 38.0 Å². The van der Waals surface area contributed by atoms with Crippen molar-refractivity contribution in [2.75, 3.05) is 59.5 Å². The maximum absolute atomic E-state index is 16.0. The van der Waals surface area contributed by atoms with Crippen LogP contribution < -0.4 is 0 Å². The Morgan fingerprint density at radius 2 is 0.590 bits per heavy atom. The highest BCUT2D eigenvalue weighted by Gasteiger charge is 2.71. The summed E-state index contributed by atoms with van der Waals surface area (Å²) in [5.41, 5.74) is -3.94. The van der Waals surface area contributed by atoms with E-state index in [2.05, 4.69) is 6.58 Å². The van der Waals surface area contributed by atoms with Gasteiger partial charge in [-0.2, -0.15) is 0 Å². The molecule has 9 aliphatic heterocycles. The number of hydrogen-bond acceptors (Lipinski definition) is 48. The molecule has 48 heteroatoms. The maximum Gasteiger partial charge on any atom is 0.314 e. The molecule has 1 spiro atoms. The van der Waals surface area contributed by atoms with E-state index >= 15 is 4.79 Å². The lowest BCUT2D eigenvalue weighted by Crippen LogP contribution is -2.69. The smallest absolute Gasteiger partial charge is 0.314 e. The van der Waals surface area contributed by atoms with Gasteiger partial charge in [-0.1, -0.05) is 19.9 Å². The topological polar surface area (TPSA) is 770 Å². The van der Waals surface area contributed by atoms with E-state index in [1.165, 1.54) is 0 Å². The molecule has 4 aliphatic carbocycles. The quantitative estimate of drug-likeness (QED) is 0.0206. The van der Waals surface area contributed by atoms with Gasteiger partial charge in [0.25, 0.3) is 0 Å². The number of rotatable bonds is 27. The van der Waals surface area contributed by atoms with Gasteiger partial charge in [0.2, 0.25) is 6.29 Å². The third-order valence-electron chi connectivity index (χ3n) is 27.7. The molecule has 51 atom stereocenters. The number of ether oxygens (including phenoxy) is 18. The fraction of sp³-hybridized carbons (Fsp3) is 0.959. The van der Waals surface area contributed by atoms with Gasteiger partial charge in [-0.05, 0) is 86.5 Å². The summed E-state index contributed by atoms with van der Waals surface area (Å²) in [5, 5.41) is 320. The highest BCUT2D eigenvalue weighted by Crippen LogP contribution is 2.74. The fourth-order valence-corrected chi connectivity index (χ4v) is 20.9. The monoisotopic (exact) mass is 1780 g/mol. The molecule has 0 aromatic carbocycles. The average molecular weight is 1780 g/mol. The standard InChI is InChI=1S/C74H120O48/c1-22-11-73-9-5-32-71(2,33(73)6-10-74(22,21-73)122-69-60(120-65-52(102)47(97)38(88)27(16-79)109-65)57(42(92)31(20-83)113-69)117-63-50(100)45(95)36(86)25(14-77)107-63)7-4-8-72(32,3)70(104)121-68-59(56(41(91)30(19-82)112-68)116-62-49(99)44(94)35(85)24(13-76)106-62)119-66-53(103)54(39(89)28(17-80)110-66)114-67-58(118-64-51(101)46(96)37(87)26(15-78)108-64)55(40(90)29(18-81)111-67)115-61-48(98)43(93)34(84)23(12-75)105-61/h23-69,75-103H,1,4-21H2,2-3H3/t23?,24?,25?,26?,27?,28?,29?,30?,31?,32-,33-,34?,35?,36?,37?,38?,39?,40?,41?,42?,43?,44?,45?,46?,47?,48?,49?,50?,51?,52?,53?,54?,55?,56?,57?,58?,59?,60?,61?,62?,63?,64?,65?,66?,67?,68?,69?,71+,72+,73+,74?/m0/s1. The molecule has 122 heavy (non-hydrogen) atoms. The molecule has 2 bridgehead atoms. The van der Waals surface area contributed by atoms with Crippen molar-refractivity contribution in [2.45, 2.75) is 354 Å². The molecule has 4 saturated carbocycles. The molecule has 48 nitrogen and oxygen atoms in total. The zero-order valence-electron chi connectivity index (χ0n) is 66.3. The second kappa shape index (κ2) is 39.0. The second-order valence-corrected chi connectivity index (χ2v) is 34.8. The highest BCUT2D eigenvalue weighted by atomic mass is 16.8. The molecule has 0 aromatic rings. The van der Waals surface area contributed by atoms with Crippen LogP contribution in [0.15, 0.2) is 12.2 Å². The zero-order valence-corrected chi connectivity index (χ0v) is 66.3. The lowest BCUT2D eigenvalue weighted by Gasteiger charge is -2.64. The molecule has 9 saturated heterocycles. The number of hydrogen-bond donors (Lipinski definition) is 29. The first-order valence-corrected chi connectivity index (χ1v) is 41.0. The Bertz CT molecular complexity index is 3390. The number of aliphatic hydroxyl groups is 29. The minimum absolute atomic E-state index is 0.117. The van der Waals surface area contributed by atoms with E-state index in [0.29, 0.717) is 31.3 Å². The Morgan fingerprint density at radius 1 is 0.311 bits per heavy atom. The van der Waals surface area contributed by atoms with Crippen LogP contribution in [-0.4, -0.2) is 495 Å². The first-order valence-electron chi connectivity index (χ1n) is 41.0. The van der Waals surface area contributed by atoms with Crippen LogP contribution in [0.4, 0.5) is 0 Å². The fourth-order valence-electron chi connectivity index (χ4n) is 20.9. The van der Waals surface area contributed by atoms with Crippen molar-refractivity contribution in [2.24, 2.45) is 28.1 Å². The summed E-state index contributed by atoms with van der Waals surface area (Å²) in [6.07, 6.45) is -90.0. The van der Waals surface area contributed by atoms with Crippen LogP contribution in [0.2, 0.25) is 0 Å². The van der Waals surface area contributed by atoms with Gasteiger partial charge in [-0.15, -0.1) is 0 Å². The van der Waals surface area contributed by atoms with Crippen molar-refractivity contribution in [3.63, 3.8) is 0 Å². The van der Waals surface area contributed by atoms with Crippen molar-refractivity contribution in [3.05, 3.63) is 12.2 Å². The largest absolute Gasteiger partial charge is 0.432 e. The Labute approximate surface area is 695 Å². The zero-order chi connectivity index (χ0) is 88.7. The maximum atomic E-state index is 16.0. The van der Waals surface area contributed by atoms with Crippen LogP contribution in [-0.2, 0) is 90.1 Å². The van der Waals surface area contributed by atoms with Crippen molar-refractivity contribution in [1.29, 1.82) is 0 Å². The predicted octanol–water partition coefficient (Wildman–Crippen LogP) is -16.0. The third kappa shape index (κ3) is 17.7. The number of fused-ring (bicyclic) bond motifs is 3. The average Bonchev–Trinajstić information content (AvgIpc) is 1.39. The van der Waals surface area contributed by atoms with Crippen LogP contribution in [0.25, 0.3) is 0 Å². The summed E-state index contributed by atoms with van der Waals surface area (Å²) in [6.45, 7) is -1.14. The first-order chi connectivity index (χ1) is 57.8. The molecule has 9 heterocycles. The van der Waals surface area contributed by atoms with E-state index in [1.807, 2.05) is 6.92 Å². The number of carbonyl (C=O) groups is 1. The van der Waals surface area contributed by atoms with E-state index < -0.39 is 370 Å². The summed E-state index contributed by atoms with van der Waals surface area (Å²) in [6, 6.07) is 0. The molecular weight excluding hydrogens is 1660 g/mol. The van der Waals surface area contributed by atoms with Crippen LogP contribution in [0.3, 0.4) is 0 Å². The lowest BCUT2D eigenvalue weighted by molar-refractivity contribution is -0.413. The van der Waals surface area contributed by atoms with Gasteiger partial charge in [-0.3, -0.25) is 4.79 Å². The van der Waals surface area contributed by atoms with Gasteiger partial charge in [0.05, 0.1) is 70.5 Å². The van der Waals surface area contributed by atoms with Gasteiger partial charge in [0, 0.05) is 0 Å². The van der Waals surface area contributed by atoms with Gasteiger partial charge in [0.15, 0.2) is 56.4 Å². The number of carbonyl (C=O) groups excluding carboxylic acids is 1. The normalized spacial score (nSPS) is 54.4. The summed E-state index contributed by atoms with van der Waals surface area (Å²) < 4.78 is 110. The van der Waals surface area contributed by atoms with Crippen molar-refractivity contribution < 1.29 is 238 Å². The molecule has 0 aromatic heterocycles. The van der Waals surface area contributed by atoms with Gasteiger partial charge in [0.1, 0.15) is 214 Å². The molecular formula is C74H120O48. The SMILES string of the molecule is C=C1C[C@@]23CC[C@H]4[C@@](C)(CCC[C@@]4(C)C(=O)OC4OC(CO)C(O)C(OC5OC(CO)C(O)C(O)C5O)C4OC4OC(CO)C(O)C(OC5OC(CO)C(O)C(OC6OC(CO)C(O)C(O)C6O)C5OC5OC(CO)C(O)C(O)C5O)C4O)[C@@H]2CCC1(OC1OC(CO)C(O)C(OC2OC(CO)C(O)C(O)C2O)C1OC1OC(CO)C(O)C(O)C1O)C3. The van der Waals surface area contributed by atoms with Crippen molar-refractivity contribution in [3.8, 4) is 0 Å². The molecule has 704 valence electrons. The van der Waals surface area contributed by atoms with Crippen LogP contribution >= 0.6 is 0 Å². The summed E-state index contributed by atoms with van der Waals surface area (Å²) in [7, 11) is 0. The Hall–Kier alpha value is -2.63. The third-order valence-corrected chi connectivity index (χ3v) is 27.7. The van der Waals surface area contributed by atoms with E-state index in [1.54, 1.807) is 6.92 Å². The summed E-state index contributed by atoms with van der Waals surface area (Å²) in [5.74, 6) is -1.92. The first kappa shape index (κ1) is 96.9. The van der Waals surface area contributed by atoms with Crippen LogP contribution in [0.1, 0.15) is 71.6 Å². The summed E-state index contributed by atoms with van der Waals surface area (Å²) in [4.78, 5) is 16.0. The van der Waals surface area contributed by atoms with Crippen molar-refractivity contribution in [1.82, 2.24) is 0 Å². The van der Waals surface area contributed by atoms with E-state index in [4.69, 9.17) is 85.3 Å². The van der Waals surface area contributed by atoms with Gasteiger partial charge >= 0.3 is 5.97 Å². The Kier molecular flexibility index (Phi) is 31.0. The van der Waals surface area contributed by atoms with E-state index in [0.717, 1.165) is 0 Å². The second-order valence-electron chi connectivity index (χ2n) is 34.8. The molecule has 0 radical (unpaired) electrons. The van der Waals surface area contributed by atoms with Gasteiger partial charge < -0.3 is 233 Å². The molecule has 0 amide bonds. The molecule has 46 unspecified atom stereocenters. The summed E-state index contributed by atoms with van der Waals surface area (Å²) >= 11 is 0. The Balaban J connectivity index is 0.796. The van der Waals surface area contributed by atoms with Crippen LogP contribution in [0, 0.1) is 28.1 Å². The number of aliphatic hydroxyl groups excluding tert-OH is 29. The van der Waals surface area contributed by atoms with E-state index in [9.17, 15) is 148 Å². The predicted molar refractivity (Wildman–Crippen MR) is 382 cm³/mol. The molecule has 13 aliphatic rings. The minimum atomic E-state index is -2.54. The molecule has 13 rings (SSSR count).